The number of benzene rings is 2. The van der Waals surface area contributed by atoms with Crippen molar-refractivity contribution in [1.82, 2.24) is 19.6 Å². The van der Waals surface area contributed by atoms with Crippen LogP contribution in [0.3, 0.4) is 0 Å². The molecule has 0 amide bonds. The third-order valence-electron chi connectivity index (χ3n) is 7.46. The number of para-hydroxylation sites is 1. The molecule has 1 aliphatic heterocycles. The summed E-state index contributed by atoms with van der Waals surface area (Å²) < 4.78 is 7.38. The van der Waals surface area contributed by atoms with Crippen LogP contribution in [-0.4, -0.2) is 57.0 Å². The minimum Gasteiger partial charge on any atom is -0.478 e. The van der Waals surface area contributed by atoms with Crippen LogP contribution in [0.2, 0.25) is 5.15 Å². The number of carboxylic acids is 1. The van der Waals surface area contributed by atoms with Gasteiger partial charge in [0.05, 0.1) is 41.4 Å². The van der Waals surface area contributed by atoms with Gasteiger partial charge in [-0.2, -0.15) is 5.10 Å². The number of hydrogen-bond donors (Lipinski definition) is 1. The van der Waals surface area contributed by atoms with Gasteiger partial charge in [0.2, 0.25) is 0 Å². The third kappa shape index (κ3) is 3.97. The zero-order valence-corrected chi connectivity index (χ0v) is 21.2. The predicted molar refractivity (Wildman–Crippen MR) is 145 cm³/mol. The van der Waals surface area contributed by atoms with Crippen molar-refractivity contribution in [2.45, 2.75) is 18.3 Å². The van der Waals surface area contributed by atoms with E-state index in [9.17, 15) is 9.90 Å². The highest BCUT2D eigenvalue weighted by Gasteiger charge is 2.44. The Labute approximate surface area is 223 Å². The van der Waals surface area contributed by atoms with Crippen LogP contribution in [0.1, 0.15) is 40.0 Å². The van der Waals surface area contributed by atoms with Crippen LogP contribution in [0.25, 0.3) is 27.8 Å². The molecular weight excluding hydrogens is 502 g/mol. The first kappa shape index (κ1) is 23.1. The van der Waals surface area contributed by atoms with Crippen molar-refractivity contribution >= 4 is 39.8 Å². The molecule has 2 unspecified atom stereocenters. The van der Waals surface area contributed by atoms with E-state index in [2.05, 4.69) is 28.2 Å². The SMILES string of the molecule is O=C(O)c1ccc(-c2c(C3CC3c3ccc4ccccc4n3)nc3c(N4CCOCC4)cc(Cl)nn23)cc1. The van der Waals surface area contributed by atoms with Gasteiger partial charge in [-0.3, -0.25) is 4.98 Å². The number of ether oxygens (including phenoxy) is 1. The van der Waals surface area contributed by atoms with Crippen LogP contribution in [0, 0.1) is 0 Å². The summed E-state index contributed by atoms with van der Waals surface area (Å²) in [6, 6.07) is 21.1. The van der Waals surface area contributed by atoms with Crippen molar-refractivity contribution in [2.24, 2.45) is 0 Å². The number of aromatic nitrogens is 4. The normalized spacial score (nSPS) is 19.2. The number of pyridine rings is 1. The van der Waals surface area contributed by atoms with Crippen LogP contribution in [0.15, 0.2) is 66.7 Å². The average molecular weight is 526 g/mol. The fourth-order valence-corrected chi connectivity index (χ4v) is 5.62. The monoisotopic (exact) mass is 525 g/mol. The average Bonchev–Trinajstić information content (AvgIpc) is 3.66. The van der Waals surface area contributed by atoms with Crippen molar-refractivity contribution in [3.05, 3.63) is 88.8 Å². The van der Waals surface area contributed by atoms with Gasteiger partial charge in [0.1, 0.15) is 0 Å². The molecule has 5 aromatic rings. The summed E-state index contributed by atoms with van der Waals surface area (Å²) in [4.78, 5) is 23.8. The lowest BCUT2D eigenvalue weighted by Crippen LogP contribution is -2.36. The van der Waals surface area contributed by atoms with Gasteiger partial charge in [-0.05, 0) is 30.7 Å². The first-order valence-electron chi connectivity index (χ1n) is 12.7. The standard InChI is InChI=1S/C29H24ClN5O3/c30-25-16-24(34-11-13-38-14-12-34)28-32-26(27(35(28)33-25)18-5-7-19(8-6-18)29(36)37)21-15-20(21)23-10-9-17-3-1-2-4-22(17)31-23/h1-10,16,20-21H,11-15H2,(H,36,37). The summed E-state index contributed by atoms with van der Waals surface area (Å²) in [6.07, 6.45) is 0.927. The van der Waals surface area contributed by atoms with Gasteiger partial charge in [-0.1, -0.05) is 48.0 Å². The highest BCUT2D eigenvalue weighted by atomic mass is 35.5. The molecule has 2 aliphatic rings. The van der Waals surface area contributed by atoms with E-state index < -0.39 is 5.97 Å². The molecule has 0 radical (unpaired) electrons. The Morgan fingerprint density at radius 3 is 2.55 bits per heavy atom. The molecule has 1 saturated carbocycles. The van der Waals surface area contributed by atoms with Gasteiger partial charge in [0.25, 0.3) is 0 Å². The van der Waals surface area contributed by atoms with Crippen molar-refractivity contribution in [3.8, 4) is 11.3 Å². The molecule has 190 valence electrons. The van der Waals surface area contributed by atoms with Crippen molar-refractivity contribution in [3.63, 3.8) is 0 Å². The summed E-state index contributed by atoms with van der Waals surface area (Å²) in [6.45, 7) is 2.77. The summed E-state index contributed by atoms with van der Waals surface area (Å²) in [5.41, 5.74) is 6.53. The molecule has 4 heterocycles. The minimum absolute atomic E-state index is 0.163. The number of imidazole rings is 1. The molecule has 1 saturated heterocycles. The molecule has 38 heavy (non-hydrogen) atoms. The van der Waals surface area contributed by atoms with E-state index in [-0.39, 0.29) is 17.4 Å². The van der Waals surface area contributed by atoms with Crippen LogP contribution in [0.4, 0.5) is 5.69 Å². The number of morpholine rings is 1. The van der Waals surface area contributed by atoms with Gasteiger partial charge in [0.15, 0.2) is 10.8 Å². The molecule has 9 heteroatoms. The van der Waals surface area contributed by atoms with Gasteiger partial charge >= 0.3 is 5.97 Å². The lowest BCUT2D eigenvalue weighted by atomic mass is 10.0. The maximum absolute atomic E-state index is 11.5. The lowest BCUT2D eigenvalue weighted by molar-refractivity contribution is 0.0697. The predicted octanol–water partition coefficient (Wildman–Crippen LogP) is 5.40. The molecule has 3 aromatic heterocycles. The van der Waals surface area contributed by atoms with Crippen LogP contribution < -0.4 is 4.90 Å². The number of anilines is 1. The number of hydrogen-bond acceptors (Lipinski definition) is 6. The zero-order chi connectivity index (χ0) is 25.8. The van der Waals surface area contributed by atoms with Gasteiger partial charge in [0, 0.05) is 47.6 Å². The van der Waals surface area contributed by atoms with E-state index in [1.807, 2.05) is 40.9 Å². The van der Waals surface area contributed by atoms with Crippen LogP contribution in [-0.2, 0) is 4.74 Å². The Balaban J connectivity index is 1.37. The summed E-state index contributed by atoms with van der Waals surface area (Å²) in [5, 5.41) is 15.6. The molecular formula is C29H24ClN5O3. The molecule has 0 bridgehead atoms. The number of carboxylic acid groups (broad SMARTS) is 1. The second-order valence-electron chi connectivity index (χ2n) is 9.79. The Hall–Kier alpha value is -4.01. The molecule has 0 spiro atoms. The minimum atomic E-state index is -0.963. The maximum Gasteiger partial charge on any atom is 0.335 e. The van der Waals surface area contributed by atoms with E-state index in [0.717, 1.165) is 64.4 Å². The first-order chi connectivity index (χ1) is 18.6. The molecule has 2 fully saturated rings. The number of rotatable bonds is 5. The Bertz CT molecular complexity index is 1690. The topological polar surface area (TPSA) is 92.8 Å². The molecule has 1 aliphatic carbocycles. The highest BCUT2D eigenvalue weighted by Crippen LogP contribution is 2.56. The molecule has 8 nitrogen and oxygen atoms in total. The molecule has 2 aromatic carbocycles. The number of halogens is 1. The van der Waals surface area contributed by atoms with E-state index in [1.54, 1.807) is 12.1 Å². The summed E-state index contributed by atoms with van der Waals surface area (Å²) >= 11 is 6.55. The Morgan fingerprint density at radius 2 is 1.76 bits per heavy atom. The maximum atomic E-state index is 11.5. The second-order valence-corrected chi connectivity index (χ2v) is 10.2. The van der Waals surface area contributed by atoms with Crippen LogP contribution >= 0.6 is 11.6 Å². The van der Waals surface area contributed by atoms with E-state index in [0.29, 0.717) is 18.4 Å². The van der Waals surface area contributed by atoms with E-state index in [1.165, 1.54) is 0 Å². The molecule has 7 rings (SSSR count). The van der Waals surface area contributed by atoms with E-state index in [4.69, 9.17) is 26.3 Å². The van der Waals surface area contributed by atoms with Crippen LogP contribution in [0.5, 0.6) is 0 Å². The Kier molecular flexibility index (Phi) is 5.52. The quantitative estimate of drug-likeness (QED) is 0.328. The fourth-order valence-electron chi connectivity index (χ4n) is 5.44. The van der Waals surface area contributed by atoms with Crippen molar-refractivity contribution < 1.29 is 14.6 Å². The Morgan fingerprint density at radius 1 is 0.974 bits per heavy atom. The molecule has 2 atom stereocenters. The number of carbonyl (C=O) groups is 1. The van der Waals surface area contributed by atoms with Crippen molar-refractivity contribution in [1.29, 1.82) is 0 Å². The lowest BCUT2D eigenvalue weighted by Gasteiger charge is -2.28. The zero-order valence-electron chi connectivity index (χ0n) is 20.4. The fraction of sp³-hybridized carbons (Fsp3) is 0.241. The van der Waals surface area contributed by atoms with Crippen molar-refractivity contribution in [2.75, 3.05) is 31.2 Å². The summed E-state index contributed by atoms with van der Waals surface area (Å²) in [7, 11) is 0. The largest absolute Gasteiger partial charge is 0.478 e. The number of fused-ring (bicyclic) bond motifs is 2. The smallest absolute Gasteiger partial charge is 0.335 e. The van der Waals surface area contributed by atoms with Gasteiger partial charge < -0.3 is 14.7 Å². The third-order valence-corrected chi connectivity index (χ3v) is 7.65. The first-order valence-corrected chi connectivity index (χ1v) is 13.1. The molecule has 1 N–H and O–H groups in total. The highest BCUT2D eigenvalue weighted by molar-refractivity contribution is 6.29. The number of nitrogens with zero attached hydrogens (tertiary/aromatic N) is 5. The van der Waals surface area contributed by atoms with Gasteiger partial charge in [-0.25, -0.2) is 14.3 Å². The van der Waals surface area contributed by atoms with E-state index >= 15 is 0 Å². The van der Waals surface area contributed by atoms with Gasteiger partial charge in [-0.15, -0.1) is 0 Å². The number of aromatic carboxylic acids is 1. The second kappa shape index (κ2) is 9.08. The summed E-state index contributed by atoms with van der Waals surface area (Å²) in [5.74, 6) is -0.560.